The second kappa shape index (κ2) is 9.07. The Bertz CT molecular complexity index is 935. The minimum Gasteiger partial charge on any atom is -0.357 e. The number of fused-ring (bicyclic) bond motifs is 1. The summed E-state index contributed by atoms with van der Waals surface area (Å²) in [7, 11) is 0. The van der Waals surface area contributed by atoms with Gasteiger partial charge in [0.1, 0.15) is 11.6 Å². The van der Waals surface area contributed by atoms with E-state index in [1.165, 1.54) is 6.07 Å². The normalized spacial score (nSPS) is 11.6. The van der Waals surface area contributed by atoms with Crippen LogP contribution < -0.4 is 10.6 Å². The van der Waals surface area contributed by atoms with Crippen LogP contribution in [0.15, 0.2) is 59.7 Å². The molecule has 27 heavy (non-hydrogen) atoms. The van der Waals surface area contributed by atoms with E-state index in [0.29, 0.717) is 37.6 Å². The van der Waals surface area contributed by atoms with Crippen LogP contribution in [0.4, 0.5) is 8.78 Å². The van der Waals surface area contributed by atoms with Crippen LogP contribution in [-0.2, 0) is 13.0 Å². The monoisotopic (exact) mass is 368 g/mol. The standard InChI is InChI=1S/C21H22F2N4/c1-2-24-21(26-12-9-15-13-17(22)7-8-19(15)23)27-14-16-10-11-25-20-6-4-3-5-18(16)20/h3-8,10-11,13H,2,9,12,14H2,1H3,(H2,24,26,27). The van der Waals surface area contributed by atoms with Gasteiger partial charge >= 0.3 is 0 Å². The molecule has 0 radical (unpaired) electrons. The summed E-state index contributed by atoms with van der Waals surface area (Å²) < 4.78 is 27.0. The van der Waals surface area contributed by atoms with Crippen LogP contribution in [0.2, 0.25) is 0 Å². The molecule has 2 N–H and O–H groups in total. The zero-order valence-corrected chi connectivity index (χ0v) is 15.2. The van der Waals surface area contributed by atoms with Crippen molar-refractivity contribution >= 4 is 16.9 Å². The third-order valence-corrected chi connectivity index (χ3v) is 4.19. The summed E-state index contributed by atoms with van der Waals surface area (Å²) in [5.41, 5.74) is 2.36. The molecule has 0 aliphatic rings. The highest BCUT2D eigenvalue weighted by Gasteiger charge is 2.05. The second-order valence-corrected chi connectivity index (χ2v) is 6.09. The molecule has 0 amide bonds. The molecule has 0 fully saturated rings. The van der Waals surface area contributed by atoms with Crippen LogP contribution in [0.1, 0.15) is 18.1 Å². The fraction of sp³-hybridized carbons (Fsp3) is 0.238. The highest BCUT2D eigenvalue weighted by atomic mass is 19.1. The number of pyridine rings is 1. The lowest BCUT2D eigenvalue weighted by Crippen LogP contribution is -2.38. The van der Waals surface area contributed by atoms with E-state index < -0.39 is 11.6 Å². The van der Waals surface area contributed by atoms with Gasteiger partial charge in [0.2, 0.25) is 0 Å². The van der Waals surface area contributed by atoms with Gasteiger partial charge in [0.15, 0.2) is 5.96 Å². The summed E-state index contributed by atoms with van der Waals surface area (Å²) in [5.74, 6) is -0.199. The second-order valence-electron chi connectivity index (χ2n) is 6.09. The SMILES string of the molecule is CCNC(=NCc1ccnc2ccccc12)NCCc1cc(F)ccc1F. The third-order valence-electron chi connectivity index (χ3n) is 4.19. The number of hydrogen-bond donors (Lipinski definition) is 2. The molecule has 0 bridgehead atoms. The number of nitrogens with zero attached hydrogens (tertiary/aromatic N) is 2. The minimum atomic E-state index is -0.434. The molecule has 3 aromatic rings. The molecule has 0 atom stereocenters. The fourth-order valence-corrected chi connectivity index (χ4v) is 2.85. The van der Waals surface area contributed by atoms with E-state index >= 15 is 0 Å². The summed E-state index contributed by atoms with van der Waals surface area (Å²) in [6.07, 6.45) is 2.15. The van der Waals surface area contributed by atoms with Gasteiger partial charge in [0.05, 0.1) is 12.1 Å². The number of nitrogens with one attached hydrogen (secondary N) is 2. The molecular weight excluding hydrogens is 346 g/mol. The van der Waals surface area contributed by atoms with Crippen molar-refractivity contribution in [3.8, 4) is 0 Å². The van der Waals surface area contributed by atoms with Crippen molar-refractivity contribution in [2.45, 2.75) is 19.9 Å². The van der Waals surface area contributed by atoms with Gasteiger partial charge in [0.25, 0.3) is 0 Å². The average molecular weight is 368 g/mol. The lowest BCUT2D eigenvalue weighted by molar-refractivity contribution is 0.583. The van der Waals surface area contributed by atoms with E-state index in [-0.39, 0.29) is 0 Å². The Kier molecular flexibility index (Phi) is 6.30. The van der Waals surface area contributed by atoms with Gasteiger partial charge in [-0.3, -0.25) is 4.98 Å². The molecule has 2 aromatic carbocycles. The predicted octanol–water partition coefficient (Wildman–Crippen LogP) is 3.81. The molecule has 0 spiro atoms. The zero-order valence-electron chi connectivity index (χ0n) is 15.2. The molecule has 0 aliphatic carbocycles. The molecule has 0 saturated carbocycles. The van der Waals surface area contributed by atoms with E-state index in [1.54, 1.807) is 6.20 Å². The quantitative estimate of drug-likeness (QED) is 0.514. The van der Waals surface area contributed by atoms with Gasteiger partial charge in [0, 0.05) is 24.7 Å². The number of aromatic nitrogens is 1. The Labute approximate surface area is 157 Å². The van der Waals surface area contributed by atoms with Crippen LogP contribution in [0, 0.1) is 11.6 Å². The van der Waals surface area contributed by atoms with E-state index in [0.717, 1.165) is 28.6 Å². The molecule has 1 heterocycles. The Morgan fingerprint density at radius 3 is 2.74 bits per heavy atom. The van der Waals surface area contributed by atoms with Gasteiger partial charge in [-0.2, -0.15) is 0 Å². The zero-order chi connectivity index (χ0) is 19.1. The van der Waals surface area contributed by atoms with Gasteiger partial charge in [-0.1, -0.05) is 18.2 Å². The number of guanidine groups is 1. The topological polar surface area (TPSA) is 49.3 Å². The number of halogens is 2. The molecule has 0 saturated heterocycles. The summed E-state index contributed by atoms with van der Waals surface area (Å²) in [6.45, 7) is 3.62. The molecular formula is C21H22F2N4. The molecule has 3 rings (SSSR count). The third kappa shape index (κ3) is 5.00. The lowest BCUT2D eigenvalue weighted by Gasteiger charge is -2.12. The number of hydrogen-bond acceptors (Lipinski definition) is 2. The van der Waals surface area contributed by atoms with Gasteiger partial charge in [-0.15, -0.1) is 0 Å². The average Bonchev–Trinajstić information content (AvgIpc) is 2.68. The van der Waals surface area contributed by atoms with Crippen LogP contribution in [0.3, 0.4) is 0 Å². The maximum absolute atomic E-state index is 13.7. The largest absolute Gasteiger partial charge is 0.357 e. The van der Waals surface area contributed by atoms with Crippen LogP contribution >= 0.6 is 0 Å². The first kappa shape index (κ1) is 18.8. The number of para-hydroxylation sites is 1. The number of aliphatic imine (C=N–C) groups is 1. The summed E-state index contributed by atoms with van der Waals surface area (Å²) in [6, 6.07) is 13.4. The van der Waals surface area contributed by atoms with E-state index in [4.69, 9.17) is 0 Å². The van der Waals surface area contributed by atoms with Crippen LogP contribution in [0.5, 0.6) is 0 Å². The van der Waals surface area contributed by atoms with Gasteiger partial charge < -0.3 is 10.6 Å². The van der Waals surface area contributed by atoms with Crippen LogP contribution in [0.25, 0.3) is 10.9 Å². The molecule has 0 aliphatic heterocycles. The molecule has 4 nitrogen and oxygen atoms in total. The number of benzene rings is 2. The minimum absolute atomic E-state index is 0.346. The van der Waals surface area contributed by atoms with Gasteiger partial charge in [-0.25, -0.2) is 13.8 Å². The molecule has 0 unspecified atom stereocenters. The van der Waals surface area contributed by atoms with Crippen molar-refractivity contribution in [2.75, 3.05) is 13.1 Å². The first-order valence-electron chi connectivity index (χ1n) is 8.96. The summed E-state index contributed by atoms with van der Waals surface area (Å²) >= 11 is 0. The van der Waals surface area contributed by atoms with Crippen LogP contribution in [-0.4, -0.2) is 24.0 Å². The van der Waals surface area contributed by atoms with Crippen molar-refractivity contribution in [3.63, 3.8) is 0 Å². The van der Waals surface area contributed by atoms with E-state index in [9.17, 15) is 8.78 Å². The Hall–Kier alpha value is -3.02. The molecule has 6 heteroatoms. The summed E-state index contributed by atoms with van der Waals surface area (Å²) in [5, 5.41) is 7.41. The first-order chi connectivity index (χ1) is 13.2. The summed E-state index contributed by atoms with van der Waals surface area (Å²) in [4.78, 5) is 8.96. The molecule has 140 valence electrons. The van der Waals surface area contributed by atoms with Gasteiger partial charge in [-0.05, 0) is 54.8 Å². The van der Waals surface area contributed by atoms with Crippen molar-refractivity contribution in [3.05, 3.63) is 77.5 Å². The Morgan fingerprint density at radius 1 is 1.04 bits per heavy atom. The predicted molar refractivity (Wildman–Crippen MR) is 105 cm³/mol. The maximum atomic E-state index is 13.7. The van der Waals surface area contributed by atoms with E-state index in [2.05, 4.69) is 20.6 Å². The Balaban J connectivity index is 1.66. The molecule has 1 aromatic heterocycles. The first-order valence-corrected chi connectivity index (χ1v) is 8.96. The fourth-order valence-electron chi connectivity index (χ4n) is 2.85. The van der Waals surface area contributed by atoms with Crippen molar-refractivity contribution in [2.24, 2.45) is 4.99 Å². The van der Waals surface area contributed by atoms with Crippen molar-refractivity contribution in [1.29, 1.82) is 0 Å². The van der Waals surface area contributed by atoms with E-state index in [1.807, 2.05) is 37.3 Å². The Morgan fingerprint density at radius 2 is 1.89 bits per heavy atom. The highest BCUT2D eigenvalue weighted by Crippen LogP contribution is 2.16. The van der Waals surface area contributed by atoms with Crippen molar-refractivity contribution in [1.82, 2.24) is 15.6 Å². The number of rotatable bonds is 6. The lowest BCUT2D eigenvalue weighted by atomic mass is 10.1. The smallest absolute Gasteiger partial charge is 0.191 e. The highest BCUT2D eigenvalue weighted by molar-refractivity contribution is 5.83. The maximum Gasteiger partial charge on any atom is 0.191 e. The van der Waals surface area contributed by atoms with Crippen molar-refractivity contribution < 1.29 is 8.78 Å².